The third-order valence-corrected chi connectivity index (χ3v) is 3.74. The molecule has 3 aromatic rings. The summed E-state index contributed by atoms with van der Waals surface area (Å²) in [5, 5.41) is 9.75. The van der Waals surface area contributed by atoms with Crippen molar-refractivity contribution in [3.8, 4) is 11.8 Å². The zero-order valence-electron chi connectivity index (χ0n) is 13.8. The quantitative estimate of drug-likeness (QED) is 0.532. The van der Waals surface area contributed by atoms with E-state index in [0.29, 0.717) is 22.5 Å². The van der Waals surface area contributed by atoms with E-state index in [4.69, 9.17) is 19.2 Å². The zero-order valence-corrected chi connectivity index (χ0v) is 13.8. The number of benzene rings is 2. The normalized spacial score (nSPS) is 11.2. The van der Waals surface area contributed by atoms with Gasteiger partial charge >= 0.3 is 5.97 Å². The highest BCUT2D eigenvalue weighted by atomic mass is 16.5. The lowest BCUT2D eigenvalue weighted by atomic mass is 10.1. The first-order chi connectivity index (χ1) is 12.1. The minimum absolute atomic E-state index is 0.294. The third-order valence-electron chi connectivity index (χ3n) is 3.74. The van der Waals surface area contributed by atoms with E-state index in [1.807, 2.05) is 12.1 Å². The molecule has 5 nitrogen and oxygen atoms in total. The van der Waals surface area contributed by atoms with Gasteiger partial charge < -0.3 is 13.9 Å². The monoisotopic (exact) mass is 333 g/mol. The van der Waals surface area contributed by atoms with Crippen LogP contribution in [0.4, 0.5) is 0 Å². The number of hydrogen-bond donors (Lipinski definition) is 0. The summed E-state index contributed by atoms with van der Waals surface area (Å²) < 4.78 is 15.8. The van der Waals surface area contributed by atoms with E-state index in [1.165, 1.54) is 7.11 Å². The van der Waals surface area contributed by atoms with Crippen molar-refractivity contribution in [1.82, 2.24) is 0 Å². The summed E-state index contributed by atoms with van der Waals surface area (Å²) in [6, 6.07) is 16.2. The van der Waals surface area contributed by atoms with E-state index < -0.39 is 5.97 Å². The Bertz CT molecular complexity index is 991. The van der Waals surface area contributed by atoms with Crippen molar-refractivity contribution in [2.75, 3.05) is 14.2 Å². The van der Waals surface area contributed by atoms with Crippen molar-refractivity contribution < 1.29 is 18.7 Å². The Morgan fingerprint density at radius 1 is 1.12 bits per heavy atom. The van der Waals surface area contributed by atoms with Gasteiger partial charge in [-0.1, -0.05) is 12.1 Å². The van der Waals surface area contributed by atoms with Gasteiger partial charge in [-0.3, -0.25) is 0 Å². The van der Waals surface area contributed by atoms with Crippen LogP contribution in [-0.2, 0) is 9.53 Å². The van der Waals surface area contributed by atoms with Crippen LogP contribution >= 0.6 is 0 Å². The number of carbonyl (C=O) groups is 1. The average Bonchev–Trinajstić information content (AvgIpc) is 3.08. The number of carbonyl (C=O) groups excluding carboxylic acids is 1. The molecule has 0 N–H and O–H groups in total. The van der Waals surface area contributed by atoms with Gasteiger partial charge in [0.25, 0.3) is 0 Å². The fraction of sp³-hybridized carbons (Fsp3) is 0.100. The van der Waals surface area contributed by atoms with Crippen LogP contribution in [0.3, 0.4) is 0 Å². The molecular formula is C20H15NO4. The van der Waals surface area contributed by atoms with Gasteiger partial charge in [-0.05, 0) is 48.0 Å². The van der Waals surface area contributed by atoms with E-state index in [0.717, 1.165) is 16.7 Å². The predicted molar refractivity (Wildman–Crippen MR) is 93.8 cm³/mol. The third kappa shape index (κ3) is 3.38. The molecule has 0 radical (unpaired) electrons. The Hall–Kier alpha value is -3.52. The van der Waals surface area contributed by atoms with E-state index in [-0.39, 0.29) is 0 Å². The molecule has 0 aliphatic rings. The van der Waals surface area contributed by atoms with Crippen molar-refractivity contribution >= 4 is 28.6 Å². The average molecular weight is 333 g/mol. The molecule has 2 aromatic carbocycles. The SMILES string of the molecule is COC(=O)/C(=C\c1ccc(OC)cc1)c1cc2cc(C#N)ccc2o1. The number of esters is 1. The number of nitrogens with zero attached hydrogens (tertiary/aromatic N) is 1. The molecule has 0 saturated heterocycles. The maximum Gasteiger partial charge on any atom is 0.341 e. The molecule has 1 aromatic heterocycles. The van der Waals surface area contributed by atoms with Crippen LogP contribution in [0, 0.1) is 11.3 Å². The molecule has 124 valence electrons. The summed E-state index contributed by atoms with van der Waals surface area (Å²) in [4.78, 5) is 12.2. The molecule has 0 aliphatic carbocycles. The lowest BCUT2D eigenvalue weighted by Crippen LogP contribution is -2.03. The topological polar surface area (TPSA) is 72.5 Å². The fourth-order valence-electron chi connectivity index (χ4n) is 2.45. The van der Waals surface area contributed by atoms with Gasteiger partial charge in [-0.15, -0.1) is 0 Å². The number of ether oxygens (including phenoxy) is 2. The molecule has 3 rings (SSSR count). The van der Waals surface area contributed by atoms with Crippen LogP contribution in [0.5, 0.6) is 5.75 Å². The number of fused-ring (bicyclic) bond motifs is 1. The molecule has 5 heteroatoms. The Morgan fingerprint density at radius 2 is 1.88 bits per heavy atom. The summed E-state index contributed by atoms with van der Waals surface area (Å²) in [6.07, 6.45) is 1.69. The Labute approximate surface area is 144 Å². The van der Waals surface area contributed by atoms with Gasteiger partial charge in [0.1, 0.15) is 22.7 Å². The van der Waals surface area contributed by atoms with Gasteiger partial charge in [0.15, 0.2) is 0 Å². The predicted octanol–water partition coefficient (Wildman–Crippen LogP) is 4.03. The summed E-state index contributed by atoms with van der Waals surface area (Å²) >= 11 is 0. The molecule has 25 heavy (non-hydrogen) atoms. The lowest BCUT2D eigenvalue weighted by Gasteiger charge is -2.04. The highest BCUT2D eigenvalue weighted by Gasteiger charge is 2.17. The van der Waals surface area contributed by atoms with Crippen LogP contribution in [-0.4, -0.2) is 20.2 Å². The van der Waals surface area contributed by atoms with Gasteiger partial charge in [-0.2, -0.15) is 5.26 Å². The Kier molecular flexibility index (Phi) is 4.53. The molecule has 1 heterocycles. The number of methoxy groups -OCH3 is 2. The van der Waals surface area contributed by atoms with Gasteiger partial charge in [-0.25, -0.2) is 4.79 Å². The molecule has 0 fully saturated rings. The van der Waals surface area contributed by atoms with Gasteiger partial charge in [0.2, 0.25) is 0 Å². The molecule has 0 amide bonds. The zero-order chi connectivity index (χ0) is 17.8. The maximum absolute atomic E-state index is 12.2. The van der Waals surface area contributed by atoms with E-state index in [1.54, 1.807) is 49.6 Å². The molecule has 0 aliphatic heterocycles. The molecule has 0 bridgehead atoms. The molecule has 0 spiro atoms. The Balaban J connectivity index is 2.07. The van der Waals surface area contributed by atoms with Crippen LogP contribution < -0.4 is 4.74 Å². The summed E-state index contributed by atoms with van der Waals surface area (Å²) in [7, 11) is 2.91. The highest BCUT2D eigenvalue weighted by molar-refractivity contribution is 6.21. The number of hydrogen-bond acceptors (Lipinski definition) is 5. The maximum atomic E-state index is 12.2. The van der Waals surface area contributed by atoms with Gasteiger partial charge in [0, 0.05) is 5.39 Å². The molecular weight excluding hydrogens is 318 g/mol. The highest BCUT2D eigenvalue weighted by Crippen LogP contribution is 2.28. The van der Waals surface area contributed by atoms with E-state index in [9.17, 15) is 4.79 Å². The first-order valence-electron chi connectivity index (χ1n) is 7.52. The minimum atomic E-state index is -0.504. The second kappa shape index (κ2) is 6.93. The van der Waals surface area contributed by atoms with E-state index in [2.05, 4.69) is 6.07 Å². The van der Waals surface area contributed by atoms with Crippen LogP contribution in [0.1, 0.15) is 16.9 Å². The number of furan rings is 1. The van der Waals surface area contributed by atoms with Crippen molar-refractivity contribution in [1.29, 1.82) is 5.26 Å². The van der Waals surface area contributed by atoms with Crippen molar-refractivity contribution in [2.24, 2.45) is 0 Å². The van der Waals surface area contributed by atoms with Crippen molar-refractivity contribution in [3.05, 3.63) is 65.4 Å². The van der Waals surface area contributed by atoms with Crippen LogP contribution in [0.25, 0.3) is 22.6 Å². The summed E-state index contributed by atoms with van der Waals surface area (Å²) in [5.41, 5.74) is 2.22. The molecule has 0 atom stereocenters. The standard InChI is InChI=1S/C20H15NO4/c1-23-16-6-3-13(4-7-16)10-17(20(22)24-2)19-11-15-9-14(12-21)5-8-18(15)25-19/h3-11H,1-2H3/b17-10-. The first kappa shape index (κ1) is 16.3. The number of rotatable bonds is 4. The first-order valence-corrected chi connectivity index (χ1v) is 7.52. The molecule has 0 unspecified atom stereocenters. The molecule has 0 saturated carbocycles. The second-order valence-corrected chi connectivity index (χ2v) is 5.30. The summed E-state index contributed by atoms with van der Waals surface area (Å²) in [5.74, 6) is 0.604. The van der Waals surface area contributed by atoms with Crippen molar-refractivity contribution in [2.45, 2.75) is 0 Å². The minimum Gasteiger partial charge on any atom is -0.497 e. The summed E-state index contributed by atoms with van der Waals surface area (Å²) in [6.45, 7) is 0. The fourth-order valence-corrected chi connectivity index (χ4v) is 2.45. The largest absolute Gasteiger partial charge is 0.497 e. The van der Waals surface area contributed by atoms with Crippen LogP contribution in [0.15, 0.2) is 52.9 Å². The van der Waals surface area contributed by atoms with Gasteiger partial charge in [0.05, 0.1) is 25.9 Å². The number of nitriles is 1. The van der Waals surface area contributed by atoms with Crippen molar-refractivity contribution in [3.63, 3.8) is 0 Å². The van der Waals surface area contributed by atoms with Crippen LogP contribution in [0.2, 0.25) is 0 Å². The smallest absolute Gasteiger partial charge is 0.341 e. The van der Waals surface area contributed by atoms with E-state index >= 15 is 0 Å². The second-order valence-electron chi connectivity index (χ2n) is 5.30. The Morgan fingerprint density at radius 3 is 2.52 bits per heavy atom. The lowest BCUT2D eigenvalue weighted by molar-refractivity contribution is -0.133.